The van der Waals surface area contributed by atoms with Crippen LogP contribution in [0.15, 0.2) is 23.1 Å². The van der Waals surface area contributed by atoms with Crippen molar-refractivity contribution in [2.75, 3.05) is 0 Å². The summed E-state index contributed by atoms with van der Waals surface area (Å²) in [5.41, 5.74) is 1.34. The van der Waals surface area contributed by atoms with Gasteiger partial charge in [-0.15, -0.1) is 0 Å². The Balaban J connectivity index is 2.15. The van der Waals surface area contributed by atoms with Gasteiger partial charge >= 0.3 is 0 Å². The van der Waals surface area contributed by atoms with E-state index in [0.29, 0.717) is 0 Å². The number of hydrogen-bond donors (Lipinski definition) is 1. The fourth-order valence-corrected chi connectivity index (χ4v) is 2.65. The lowest BCUT2D eigenvalue weighted by atomic mass is 10.0. The Labute approximate surface area is 139 Å². The largest absolute Gasteiger partial charge is 0.347 e. The number of aryl methyl sites for hydroxylation is 1. The highest BCUT2D eigenvalue weighted by molar-refractivity contribution is 9.10. The normalized spacial score (nSPS) is 13.2. The Morgan fingerprint density at radius 3 is 2.59 bits per heavy atom. The van der Waals surface area contributed by atoms with Crippen molar-refractivity contribution >= 4 is 21.8 Å². The SMILES string of the molecule is CCn1ncc(C(C)NC(=O)C(C)(C)n2cc(Br)cn2)c1C. The van der Waals surface area contributed by atoms with E-state index in [9.17, 15) is 4.79 Å². The van der Waals surface area contributed by atoms with Gasteiger partial charge in [-0.3, -0.25) is 14.2 Å². The number of carbonyl (C=O) groups excluding carboxylic acids is 1. The van der Waals surface area contributed by atoms with Crippen LogP contribution in [0.3, 0.4) is 0 Å². The molecular weight excluding hydrogens is 346 g/mol. The van der Waals surface area contributed by atoms with Crippen molar-refractivity contribution in [3.8, 4) is 0 Å². The van der Waals surface area contributed by atoms with Crippen molar-refractivity contribution in [2.24, 2.45) is 0 Å². The van der Waals surface area contributed by atoms with E-state index in [1.807, 2.05) is 45.5 Å². The zero-order chi connectivity index (χ0) is 16.5. The number of carbonyl (C=O) groups is 1. The summed E-state index contributed by atoms with van der Waals surface area (Å²) in [4.78, 5) is 12.6. The van der Waals surface area contributed by atoms with E-state index in [4.69, 9.17) is 0 Å². The van der Waals surface area contributed by atoms with Gasteiger partial charge in [0.15, 0.2) is 0 Å². The Morgan fingerprint density at radius 2 is 2.09 bits per heavy atom. The summed E-state index contributed by atoms with van der Waals surface area (Å²) in [5, 5.41) is 11.6. The monoisotopic (exact) mass is 367 g/mol. The maximum Gasteiger partial charge on any atom is 0.247 e. The van der Waals surface area contributed by atoms with Crippen molar-refractivity contribution in [1.29, 1.82) is 0 Å². The van der Waals surface area contributed by atoms with E-state index in [1.54, 1.807) is 17.1 Å². The molecule has 2 aromatic heterocycles. The second-order valence-electron chi connectivity index (χ2n) is 5.86. The van der Waals surface area contributed by atoms with E-state index in [1.165, 1.54) is 0 Å². The molecule has 2 heterocycles. The molecule has 22 heavy (non-hydrogen) atoms. The minimum atomic E-state index is -0.769. The van der Waals surface area contributed by atoms with E-state index < -0.39 is 5.54 Å². The molecule has 0 saturated heterocycles. The highest BCUT2D eigenvalue weighted by Crippen LogP contribution is 2.21. The summed E-state index contributed by atoms with van der Waals surface area (Å²) in [5.74, 6) is -0.0840. The van der Waals surface area contributed by atoms with Crippen LogP contribution in [0.4, 0.5) is 0 Å². The van der Waals surface area contributed by atoms with Crippen LogP contribution in [0.1, 0.15) is 45.0 Å². The average Bonchev–Trinajstić information content (AvgIpc) is 3.04. The third kappa shape index (κ3) is 3.09. The Bertz CT molecular complexity index is 673. The average molecular weight is 368 g/mol. The summed E-state index contributed by atoms with van der Waals surface area (Å²) >= 11 is 3.36. The first kappa shape index (κ1) is 16.7. The summed E-state index contributed by atoms with van der Waals surface area (Å²) in [7, 11) is 0. The quantitative estimate of drug-likeness (QED) is 0.883. The second-order valence-corrected chi connectivity index (χ2v) is 6.77. The predicted molar refractivity (Wildman–Crippen MR) is 88.4 cm³/mol. The van der Waals surface area contributed by atoms with Crippen molar-refractivity contribution in [3.05, 3.63) is 34.3 Å². The Morgan fingerprint density at radius 1 is 1.41 bits per heavy atom. The predicted octanol–water partition coefficient (Wildman–Crippen LogP) is 2.78. The zero-order valence-corrected chi connectivity index (χ0v) is 15.2. The van der Waals surface area contributed by atoms with Crippen LogP contribution < -0.4 is 5.32 Å². The molecule has 0 aliphatic carbocycles. The maximum atomic E-state index is 12.6. The highest BCUT2D eigenvalue weighted by atomic mass is 79.9. The summed E-state index contributed by atoms with van der Waals surface area (Å²) in [6.45, 7) is 10.5. The van der Waals surface area contributed by atoms with Gasteiger partial charge in [-0.1, -0.05) is 0 Å². The molecule has 7 heteroatoms. The third-order valence-corrected chi connectivity index (χ3v) is 4.34. The number of hydrogen-bond acceptors (Lipinski definition) is 3. The summed E-state index contributed by atoms with van der Waals surface area (Å²) in [6.07, 6.45) is 5.29. The summed E-state index contributed by atoms with van der Waals surface area (Å²) < 4.78 is 4.43. The third-order valence-electron chi connectivity index (χ3n) is 3.93. The van der Waals surface area contributed by atoms with Crippen LogP contribution in [-0.2, 0) is 16.9 Å². The van der Waals surface area contributed by atoms with Crippen LogP contribution in [0.25, 0.3) is 0 Å². The minimum absolute atomic E-state index is 0.0840. The van der Waals surface area contributed by atoms with Crippen molar-refractivity contribution in [1.82, 2.24) is 24.9 Å². The molecule has 120 valence electrons. The zero-order valence-electron chi connectivity index (χ0n) is 13.6. The fourth-order valence-electron chi connectivity index (χ4n) is 2.37. The van der Waals surface area contributed by atoms with E-state index in [2.05, 4.69) is 31.4 Å². The van der Waals surface area contributed by atoms with Crippen LogP contribution in [0.2, 0.25) is 0 Å². The van der Waals surface area contributed by atoms with Gasteiger partial charge in [-0.25, -0.2) is 0 Å². The number of amides is 1. The van der Waals surface area contributed by atoms with Crippen molar-refractivity contribution in [2.45, 2.75) is 52.7 Å². The van der Waals surface area contributed by atoms with Gasteiger partial charge in [0.05, 0.1) is 22.9 Å². The van der Waals surface area contributed by atoms with Gasteiger partial charge in [0, 0.05) is 24.0 Å². The van der Waals surface area contributed by atoms with Crippen molar-refractivity contribution in [3.63, 3.8) is 0 Å². The van der Waals surface area contributed by atoms with Gasteiger partial charge in [-0.05, 0) is 50.5 Å². The van der Waals surface area contributed by atoms with Crippen LogP contribution in [0, 0.1) is 6.92 Å². The van der Waals surface area contributed by atoms with Crippen LogP contribution >= 0.6 is 15.9 Å². The topological polar surface area (TPSA) is 64.7 Å². The molecule has 0 bridgehead atoms. The number of nitrogens with zero attached hydrogens (tertiary/aromatic N) is 4. The van der Waals surface area contributed by atoms with Crippen LogP contribution in [0.5, 0.6) is 0 Å². The first-order chi connectivity index (χ1) is 10.3. The molecule has 1 N–H and O–H groups in total. The van der Waals surface area contributed by atoms with Gasteiger partial charge in [0.25, 0.3) is 0 Å². The molecule has 0 saturated carbocycles. The lowest BCUT2D eigenvalue weighted by Crippen LogP contribution is -2.45. The highest BCUT2D eigenvalue weighted by Gasteiger charge is 2.32. The van der Waals surface area contributed by atoms with E-state index in [-0.39, 0.29) is 11.9 Å². The molecule has 1 unspecified atom stereocenters. The molecule has 0 spiro atoms. The molecular formula is C15H22BrN5O. The molecule has 0 aliphatic rings. The fraction of sp³-hybridized carbons (Fsp3) is 0.533. The Kier molecular flexibility index (Phi) is 4.75. The Hall–Kier alpha value is -1.63. The van der Waals surface area contributed by atoms with Gasteiger partial charge in [0.2, 0.25) is 5.91 Å². The van der Waals surface area contributed by atoms with E-state index >= 15 is 0 Å². The van der Waals surface area contributed by atoms with Gasteiger partial charge in [0.1, 0.15) is 5.54 Å². The lowest BCUT2D eigenvalue weighted by Gasteiger charge is -2.26. The number of halogens is 1. The molecule has 1 atom stereocenters. The minimum Gasteiger partial charge on any atom is -0.347 e. The standard InChI is InChI=1S/C15H22BrN5O/c1-6-20-11(3)13(8-17-20)10(2)19-14(22)15(4,5)21-9-12(16)7-18-21/h7-10H,6H2,1-5H3,(H,19,22). The van der Waals surface area contributed by atoms with Gasteiger partial charge in [-0.2, -0.15) is 10.2 Å². The first-order valence-corrected chi connectivity index (χ1v) is 8.10. The number of rotatable bonds is 5. The molecule has 0 aliphatic heterocycles. The molecule has 0 aromatic carbocycles. The smallest absolute Gasteiger partial charge is 0.247 e. The van der Waals surface area contributed by atoms with Crippen LogP contribution in [-0.4, -0.2) is 25.5 Å². The second kappa shape index (κ2) is 6.24. The number of aromatic nitrogens is 4. The number of nitrogens with one attached hydrogen (secondary N) is 1. The van der Waals surface area contributed by atoms with E-state index in [0.717, 1.165) is 22.3 Å². The first-order valence-electron chi connectivity index (χ1n) is 7.31. The van der Waals surface area contributed by atoms with Gasteiger partial charge < -0.3 is 5.32 Å². The molecule has 6 nitrogen and oxygen atoms in total. The molecule has 1 amide bonds. The maximum absolute atomic E-state index is 12.6. The molecule has 2 aromatic rings. The van der Waals surface area contributed by atoms with Crippen molar-refractivity contribution < 1.29 is 4.79 Å². The molecule has 0 radical (unpaired) electrons. The molecule has 2 rings (SSSR count). The molecule has 0 fully saturated rings. The summed E-state index contributed by atoms with van der Waals surface area (Å²) in [6, 6.07) is -0.105. The lowest BCUT2D eigenvalue weighted by molar-refractivity contribution is -0.129.